The Morgan fingerprint density at radius 1 is 1.57 bits per heavy atom. The highest BCUT2D eigenvalue weighted by Gasteiger charge is 2.46. The topological polar surface area (TPSA) is 183 Å². The van der Waals surface area contributed by atoms with E-state index in [0.717, 1.165) is 10.8 Å². The molecule has 1 fully saturated rings. The minimum atomic E-state index is -5.45. The molecule has 11 nitrogen and oxygen atoms in total. The maximum absolute atomic E-state index is 11.7. The molecule has 1 saturated heterocycles. The van der Waals surface area contributed by atoms with Gasteiger partial charge in [-0.05, 0) is 6.07 Å². The maximum Gasteiger partial charge on any atom is 0.351 e. The molecule has 21 heavy (non-hydrogen) atoms. The second-order valence-electron chi connectivity index (χ2n) is 4.30. The van der Waals surface area contributed by atoms with Crippen molar-refractivity contribution in [3.63, 3.8) is 0 Å². The van der Waals surface area contributed by atoms with Crippen molar-refractivity contribution in [2.24, 2.45) is 0 Å². The molecule has 12 heteroatoms. The number of phosphoric ester groups is 1. The van der Waals surface area contributed by atoms with Gasteiger partial charge in [-0.1, -0.05) is 0 Å². The van der Waals surface area contributed by atoms with Crippen LogP contribution >= 0.6 is 7.82 Å². The molecule has 2 rings (SSSR count). The number of hydrogen-bond acceptors (Lipinski definition) is 10. The summed E-state index contributed by atoms with van der Waals surface area (Å²) in [5, 5.41) is 18.9. The summed E-state index contributed by atoms with van der Waals surface area (Å²) in [5.41, 5.74) is 4.42. The van der Waals surface area contributed by atoms with Crippen LogP contribution in [0.15, 0.2) is 17.1 Å². The van der Waals surface area contributed by atoms with E-state index in [0.29, 0.717) is 0 Å². The summed E-state index contributed by atoms with van der Waals surface area (Å²) in [6.07, 6.45) is -4.85. The molecule has 0 unspecified atom stereocenters. The Balaban J connectivity index is 2.39. The van der Waals surface area contributed by atoms with Crippen LogP contribution in [-0.2, 0) is 13.8 Å². The second kappa shape index (κ2) is 5.81. The highest BCUT2D eigenvalue weighted by Crippen LogP contribution is 2.38. The van der Waals surface area contributed by atoms with Crippen molar-refractivity contribution in [3.05, 3.63) is 22.7 Å². The number of nitrogens with zero attached hydrogens (tertiary/aromatic N) is 2. The van der Waals surface area contributed by atoms with Gasteiger partial charge in [0.15, 0.2) is 6.23 Å². The highest BCUT2D eigenvalue weighted by molar-refractivity contribution is 7.43. The van der Waals surface area contributed by atoms with Gasteiger partial charge < -0.3 is 39.6 Å². The lowest BCUT2D eigenvalue weighted by Gasteiger charge is -2.34. The minimum absolute atomic E-state index is 0.0794. The van der Waals surface area contributed by atoms with Gasteiger partial charge in [0.1, 0.15) is 24.1 Å². The zero-order chi connectivity index (χ0) is 15.8. The normalized spacial score (nSPS) is 29.7. The molecule has 1 aromatic rings. The van der Waals surface area contributed by atoms with E-state index in [1.54, 1.807) is 0 Å². The van der Waals surface area contributed by atoms with Gasteiger partial charge in [0.25, 0.3) is 0 Å². The van der Waals surface area contributed by atoms with E-state index in [2.05, 4.69) is 9.51 Å². The quantitative estimate of drug-likeness (QED) is 0.466. The van der Waals surface area contributed by atoms with Crippen LogP contribution in [0.1, 0.15) is 6.23 Å². The predicted molar refractivity (Wildman–Crippen MR) is 62.4 cm³/mol. The summed E-state index contributed by atoms with van der Waals surface area (Å²) >= 11 is 0. The third-order valence-electron chi connectivity index (χ3n) is 2.87. The van der Waals surface area contributed by atoms with Crippen LogP contribution in [0.3, 0.4) is 0 Å². The molecule has 0 amide bonds. The van der Waals surface area contributed by atoms with Gasteiger partial charge in [-0.3, -0.25) is 4.57 Å². The first kappa shape index (κ1) is 16.0. The standard InChI is InChI=1S/C9H14N3O8P/c10-5-1-2-12(9(15)11-5)8-7(20-21(16,17)18)6(14)4(3-13)19-8/h1-2,4,6-8,13-14H,3H2,(H2,10,11,15)(H2,16,17,18)/p-2/t4-,6-,7-,8-/m1/s1. The molecule has 0 spiro atoms. The maximum atomic E-state index is 11.7. The Labute approximate surface area is 117 Å². The molecular weight excluding hydrogens is 309 g/mol. The molecule has 118 valence electrons. The minimum Gasteiger partial charge on any atom is -0.790 e. The van der Waals surface area contributed by atoms with Crippen LogP contribution in [-0.4, -0.2) is 44.7 Å². The first-order valence-electron chi connectivity index (χ1n) is 5.72. The zero-order valence-electron chi connectivity index (χ0n) is 10.4. The largest absolute Gasteiger partial charge is 0.790 e. The number of anilines is 1. The average Bonchev–Trinajstić information content (AvgIpc) is 2.65. The molecular formula is C9H12N3O8P-2. The fourth-order valence-corrected chi connectivity index (χ4v) is 2.50. The summed E-state index contributed by atoms with van der Waals surface area (Å²) in [4.78, 5) is 36.6. The lowest BCUT2D eigenvalue weighted by Crippen LogP contribution is -2.39. The SMILES string of the molecule is Nc1ccn([C@@H]2O[C@H](CO)[C@@H](O)[C@H]2OP(=O)([O-])[O-])c(=O)n1. The van der Waals surface area contributed by atoms with Gasteiger partial charge in [-0.25, -0.2) is 4.79 Å². The Morgan fingerprint density at radius 2 is 2.24 bits per heavy atom. The molecule has 0 radical (unpaired) electrons. The Hall–Kier alpha value is -1.33. The number of hydrogen-bond donors (Lipinski definition) is 3. The van der Waals surface area contributed by atoms with E-state index in [-0.39, 0.29) is 5.82 Å². The van der Waals surface area contributed by atoms with Crippen LogP contribution in [0.5, 0.6) is 0 Å². The fourth-order valence-electron chi connectivity index (χ4n) is 1.98. The average molecular weight is 321 g/mol. The number of aliphatic hydroxyl groups excluding tert-OH is 2. The Kier molecular flexibility index (Phi) is 4.44. The van der Waals surface area contributed by atoms with Crippen LogP contribution in [0.25, 0.3) is 0 Å². The summed E-state index contributed by atoms with van der Waals surface area (Å²) in [5.74, 6) is -0.0794. The Morgan fingerprint density at radius 3 is 2.76 bits per heavy atom. The fraction of sp³-hybridized carbons (Fsp3) is 0.556. The Bertz CT molecular complexity index is 615. The molecule has 0 saturated carbocycles. The van der Waals surface area contributed by atoms with Gasteiger partial charge in [0.2, 0.25) is 0 Å². The monoisotopic (exact) mass is 321 g/mol. The highest BCUT2D eigenvalue weighted by atomic mass is 31.2. The molecule has 1 aromatic heterocycles. The molecule has 1 aliphatic heterocycles. The molecule has 4 atom stereocenters. The third kappa shape index (κ3) is 3.47. The molecule has 0 bridgehead atoms. The number of ether oxygens (including phenoxy) is 1. The summed E-state index contributed by atoms with van der Waals surface area (Å²) in [6.45, 7) is -0.670. The first-order chi connectivity index (χ1) is 9.73. The van der Waals surface area contributed by atoms with E-state index in [1.165, 1.54) is 6.07 Å². The lowest BCUT2D eigenvalue weighted by molar-refractivity contribution is -0.347. The van der Waals surface area contributed by atoms with E-state index in [9.17, 15) is 24.3 Å². The van der Waals surface area contributed by atoms with E-state index >= 15 is 0 Å². The number of phosphoric acid groups is 1. The van der Waals surface area contributed by atoms with E-state index in [4.69, 9.17) is 15.6 Å². The van der Waals surface area contributed by atoms with Crippen LogP contribution in [0, 0.1) is 0 Å². The van der Waals surface area contributed by atoms with Crippen molar-refractivity contribution in [2.75, 3.05) is 12.3 Å². The second-order valence-corrected chi connectivity index (χ2v) is 5.40. The predicted octanol–water partition coefficient (Wildman–Crippen LogP) is -3.71. The van der Waals surface area contributed by atoms with Crippen LogP contribution in [0.2, 0.25) is 0 Å². The number of aliphatic hydroxyl groups is 2. The van der Waals surface area contributed by atoms with Gasteiger partial charge in [-0.15, -0.1) is 0 Å². The summed E-state index contributed by atoms with van der Waals surface area (Å²) in [7, 11) is -5.45. The third-order valence-corrected chi connectivity index (χ3v) is 3.37. The summed E-state index contributed by atoms with van der Waals surface area (Å²) < 4.78 is 20.9. The molecule has 2 heterocycles. The van der Waals surface area contributed by atoms with Gasteiger partial charge in [0, 0.05) is 6.20 Å². The van der Waals surface area contributed by atoms with Gasteiger partial charge in [-0.2, -0.15) is 4.98 Å². The van der Waals surface area contributed by atoms with Crippen molar-refractivity contribution in [1.82, 2.24) is 9.55 Å². The van der Waals surface area contributed by atoms with E-state index < -0.39 is 44.7 Å². The first-order valence-corrected chi connectivity index (χ1v) is 7.18. The zero-order valence-corrected chi connectivity index (χ0v) is 11.3. The van der Waals surface area contributed by atoms with Gasteiger partial charge >= 0.3 is 5.69 Å². The van der Waals surface area contributed by atoms with Crippen LogP contribution < -0.4 is 21.2 Å². The van der Waals surface area contributed by atoms with Crippen molar-refractivity contribution in [3.8, 4) is 0 Å². The number of aromatic nitrogens is 2. The number of nitrogens with two attached hydrogens (primary N) is 1. The van der Waals surface area contributed by atoms with Crippen molar-refractivity contribution in [1.29, 1.82) is 0 Å². The molecule has 0 aromatic carbocycles. The number of rotatable bonds is 4. The van der Waals surface area contributed by atoms with E-state index in [1.807, 2.05) is 0 Å². The van der Waals surface area contributed by atoms with Crippen LogP contribution in [0.4, 0.5) is 5.82 Å². The molecule has 0 aliphatic carbocycles. The lowest BCUT2D eigenvalue weighted by atomic mass is 10.1. The molecule has 4 N–H and O–H groups in total. The smallest absolute Gasteiger partial charge is 0.351 e. The van der Waals surface area contributed by atoms with Crippen molar-refractivity contribution in [2.45, 2.75) is 24.5 Å². The van der Waals surface area contributed by atoms with Crippen molar-refractivity contribution < 1.29 is 33.8 Å². The summed E-state index contributed by atoms with van der Waals surface area (Å²) in [6, 6.07) is 1.23. The van der Waals surface area contributed by atoms with Crippen molar-refractivity contribution >= 4 is 13.6 Å². The van der Waals surface area contributed by atoms with Gasteiger partial charge in [0.05, 0.1) is 14.4 Å². The molecule has 1 aliphatic rings. The number of nitrogen functional groups attached to an aromatic ring is 1.